The van der Waals surface area contributed by atoms with Crippen molar-refractivity contribution < 1.29 is 18.7 Å². The van der Waals surface area contributed by atoms with Crippen molar-refractivity contribution in [3.63, 3.8) is 0 Å². The van der Waals surface area contributed by atoms with Gasteiger partial charge < -0.3 is 15.0 Å². The molecule has 4 unspecified atom stereocenters. The standard InChI is InChI=1S/C20H25FN4O4/c1-11(23-28)19-13-5-6-24(18(19)7-13)17-4-3-14(8-16(17)21)25-10-15(29-20(25)27)9-22-12(2)26/h3-4,8,11,13,15,18-19H,5-7,9-10H2,1-2H3,(H,22,26)/t11?,13?,15-,18?,19?/m0/s1. The molecule has 8 nitrogen and oxygen atoms in total. The number of hydrogen-bond donors (Lipinski definition) is 1. The summed E-state index contributed by atoms with van der Waals surface area (Å²) in [5.74, 6) is 0.0538. The Morgan fingerprint density at radius 3 is 2.90 bits per heavy atom. The predicted molar refractivity (Wildman–Crippen MR) is 105 cm³/mol. The van der Waals surface area contributed by atoms with Crippen LogP contribution in [0.25, 0.3) is 0 Å². The molecule has 9 heteroatoms. The first-order valence-corrected chi connectivity index (χ1v) is 10.00. The van der Waals surface area contributed by atoms with E-state index in [1.165, 1.54) is 17.9 Å². The van der Waals surface area contributed by atoms with Gasteiger partial charge in [0, 0.05) is 25.4 Å². The monoisotopic (exact) mass is 404 g/mol. The highest BCUT2D eigenvalue weighted by atomic mass is 19.1. The zero-order valence-electron chi connectivity index (χ0n) is 16.5. The van der Waals surface area contributed by atoms with Crippen molar-refractivity contribution in [3.8, 4) is 0 Å². The van der Waals surface area contributed by atoms with E-state index in [4.69, 9.17) is 4.74 Å². The minimum atomic E-state index is -0.557. The van der Waals surface area contributed by atoms with Gasteiger partial charge in [0.15, 0.2) is 0 Å². The van der Waals surface area contributed by atoms with Crippen LogP contribution in [-0.4, -0.2) is 49.8 Å². The van der Waals surface area contributed by atoms with Gasteiger partial charge in [0.1, 0.15) is 11.9 Å². The molecule has 29 heavy (non-hydrogen) atoms. The maximum atomic E-state index is 15.0. The van der Waals surface area contributed by atoms with Gasteiger partial charge >= 0.3 is 6.09 Å². The Morgan fingerprint density at radius 2 is 2.24 bits per heavy atom. The summed E-state index contributed by atoms with van der Waals surface area (Å²) in [6.45, 7) is 4.44. The number of piperidine rings is 2. The van der Waals surface area contributed by atoms with Crippen molar-refractivity contribution in [3.05, 3.63) is 28.9 Å². The van der Waals surface area contributed by atoms with E-state index in [0.29, 0.717) is 17.3 Å². The Balaban J connectivity index is 1.48. The molecule has 1 aromatic carbocycles. The SMILES string of the molecule is CC(=O)NC[C@H]1CN(c2ccc(N3CCC4CC3C4C(C)N=O)c(F)c2)C(=O)O1. The van der Waals surface area contributed by atoms with E-state index in [1.807, 2.05) is 11.8 Å². The van der Waals surface area contributed by atoms with E-state index in [9.17, 15) is 14.5 Å². The molecule has 0 radical (unpaired) electrons. The first-order valence-electron chi connectivity index (χ1n) is 10.00. The summed E-state index contributed by atoms with van der Waals surface area (Å²) in [6, 6.07) is 4.60. The molecule has 0 spiro atoms. The van der Waals surface area contributed by atoms with Crippen molar-refractivity contribution in [2.75, 3.05) is 29.4 Å². The van der Waals surface area contributed by atoms with Crippen LogP contribution in [0.15, 0.2) is 23.4 Å². The molecule has 156 valence electrons. The Kier molecular flexibility index (Phi) is 5.14. The van der Waals surface area contributed by atoms with Crippen molar-refractivity contribution in [1.82, 2.24) is 5.32 Å². The van der Waals surface area contributed by atoms with Gasteiger partial charge in [0.25, 0.3) is 0 Å². The summed E-state index contributed by atoms with van der Waals surface area (Å²) >= 11 is 0. The number of carbonyl (C=O) groups excluding carboxylic acids is 2. The minimum Gasteiger partial charge on any atom is -0.442 e. The zero-order valence-corrected chi connectivity index (χ0v) is 16.5. The summed E-state index contributed by atoms with van der Waals surface area (Å²) in [4.78, 5) is 37.6. The lowest BCUT2D eigenvalue weighted by atomic mass is 9.61. The van der Waals surface area contributed by atoms with Crippen molar-refractivity contribution in [2.45, 2.75) is 44.9 Å². The summed E-state index contributed by atoms with van der Waals surface area (Å²) < 4.78 is 20.2. The molecule has 4 fully saturated rings. The van der Waals surface area contributed by atoms with E-state index in [0.717, 1.165) is 19.4 Å². The number of fused-ring (bicyclic) bond motifs is 2. The zero-order chi connectivity index (χ0) is 20.7. The molecule has 0 aromatic heterocycles. The molecule has 3 saturated heterocycles. The van der Waals surface area contributed by atoms with Crippen LogP contribution >= 0.6 is 0 Å². The summed E-state index contributed by atoms with van der Waals surface area (Å²) in [5.41, 5.74) is 0.909. The van der Waals surface area contributed by atoms with E-state index in [1.54, 1.807) is 12.1 Å². The Labute approximate surface area is 168 Å². The molecule has 5 rings (SSSR count). The number of anilines is 2. The van der Waals surface area contributed by atoms with Gasteiger partial charge in [-0.3, -0.25) is 9.69 Å². The van der Waals surface area contributed by atoms with Gasteiger partial charge in [0.2, 0.25) is 5.91 Å². The second kappa shape index (κ2) is 7.61. The molecule has 2 amide bonds. The highest BCUT2D eigenvalue weighted by Gasteiger charge is 2.51. The number of amides is 2. The number of nitrogens with one attached hydrogen (secondary N) is 1. The fraction of sp³-hybridized carbons (Fsp3) is 0.600. The van der Waals surface area contributed by atoms with Crippen molar-refractivity contribution in [1.29, 1.82) is 0 Å². The van der Waals surface area contributed by atoms with Gasteiger partial charge in [-0.15, -0.1) is 0 Å². The quantitative estimate of drug-likeness (QED) is 0.736. The Morgan fingerprint density at radius 1 is 1.45 bits per heavy atom. The second-order valence-corrected chi connectivity index (χ2v) is 8.16. The number of nitrogens with zero attached hydrogens (tertiary/aromatic N) is 3. The molecule has 3 aliphatic heterocycles. The number of carbonyl (C=O) groups is 2. The van der Waals surface area contributed by atoms with Crippen LogP contribution in [0.3, 0.4) is 0 Å². The van der Waals surface area contributed by atoms with E-state index in [2.05, 4.69) is 10.5 Å². The van der Waals surface area contributed by atoms with Gasteiger partial charge in [-0.25, -0.2) is 9.18 Å². The predicted octanol–water partition coefficient (Wildman–Crippen LogP) is 2.66. The summed E-state index contributed by atoms with van der Waals surface area (Å²) in [7, 11) is 0. The largest absolute Gasteiger partial charge is 0.442 e. The van der Waals surface area contributed by atoms with Crippen LogP contribution in [0.4, 0.5) is 20.6 Å². The molecule has 1 N–H and O–H groups in total. The first-order chi connectivity index (χ1) is 13.9. The number of cyclic esters (lactones) is 1. The molecule has 1 saturated carbocycles. The summed E-state index contributed by atoms with van der Waals surface area (Å²) in [6.07, 6.45) is 0.847. The topological polar surface area (TPSA) is 91.3 Å². The average Bonchev–Trinajstić information content (AvgIpc) is 3.06. The Hall–Kier alpha value is -2.71. The lowest BCUT2D eigenvalue weighted by Crippen LogP contribution is -2.61. The third kappa shape index (κ3) is 3.54. The smallest absolute Gasteiger partial charge is 0.414 e. The maximum absolute atomic E-state index is 15.0. The highest BCUT2D eigenvalue weighted by molar-refractivity contribution is 5.90. The number of hydrogen-bond acceptors (Lipinski definition) is 6. The molecule has 2 bridgehead atoms. The fourth-order valence-electron chi connectivity index (χ4n) is 4.94. The second-order valence-electron chi connectivity index (χ2n) is 8.16. The Bertz CT molecular complexity index is 833. The molecule has 4 aliphatic rings. The van der Waals surface area contributed by atoms with Crippen LogP contribution in [0.1, 0.15) is 26.7 Å². The average molecular weight is 404 g/mol. The lowest BCUT2D eigenvalue weighted by molar-refractivity contribution is -0.119. The van der Waals surface area contributed by atoms with Crippen LogP contribution in [0.5, 0.6) is 0 Å². The molecular formula is C20H25FN4O4. The number of halogens is 1. The van der Waals surface area contributed by atoms with Gasteiger partial charge in [0.05, 0.1) is 30.5 Å². The minimum absolute atomic E-state index is 0.126. The van der Waals surface area contributed by atoms with Gasteiger partial charge in [-0.1, -0.05) is 5.18 Å². The molecule has 5 atom stereocenters. The fourth-order valence-corrected chi connectivity index (χ4v) is 4.94. The number of rotatable bonds is 6. The number of nitroso groups, excluding NO2 is 1. The van der Waals surface area contributed by atoms with Gasteiger partial charge in [-0.2, -0.15) is 4.91 Å². The lowest BCUT2D eigenvalue weighted by Gasteiger charge is -2.57. The number of ether oxygens (including phenoxy) is 1. The molecule has 1 aromatic rings. The van der Waals surface area contributed by atoms with E-state index < -0.39 is 18.0 Å². The van der Waals surface area contributed by atoms with Crippen molar-refractivity contribution >= 4 is 23.4 Å². The normalized spacial score (nSPS) is 29.1. The highest BCUT2D eigenvalue weighted by Crippen LogP contribution is 2.49. The van der Waals surface area contributed by atoms with Crippen molar-refractivity contribution in [2.24, 2.45) is 17.0 Å². The molecule has 3 heterocycles. The van der Waals surface area contributed by atoms with Crippen LogP contribution in [-0.2, 0) is 9.53 Å². The van der Waals surface area contributed by atoms with Crippen LogP contribution in [0, 0.1) is 22.6 Å². The third-order valence-electron chi connectivity index (χ3n) is 6.40. The third-order valence-corrected chi connectivity index (χ3v) is 6.40. The van der Waals surface area contributed by atoms with Crippen LogP contribution < -0.4 is 15.1 Å². The maximum Gasteiger partial charge on any atom is 0.414 e. The van der Waals surface area contributed by atoms with Crippen LogP contribution in [0.2, 0.25) is 0 Å². The van der Waals surface area contributed by atoms with E-state index in [-0.39, 0.29) is 37.0 Å². The first kappa shape index (κ1) is 19.6. The molecule has 1 aliphatic carbocycles. The summed E-state index contributed by atoms with van der Waals surface area (Å²) in [5, 5.41) is 5.81. The molecular weight excluding hydrogens is 379 g/mol. The van der Waals surface area contributed by atoms with E-state index >= 15 is 4.39 Å². The number of benzene rings is 1. The van der Waals surface area contributed by atoms with Gasteiger partial charge in [-0.05, 0) is 43.9 Å².